The third-order valence-electron chi connectivity index (χ3n) is 3.85. The summed E-state index contributed by atoms with van der Waals surface area (Å²) >= 11 is 0. The number of hydrogen-bond donors (Lipinski definition) is 1. The van der Waals surface area contributed by atoms with Crippen LogP contribution in [0.1, 0.15) is 12.1 Å². The van der Waals surface area contributed by atoms with Crippen LogP contribution in [0.5, 0.6) is 5.75 Å². The maximum Gasteiger partial charge on any atom is 0.215 e. The van der Waals surface area contributed by atoms with E-state index in [0.717, 1.165) is 29.8 Å². The number of nitrogens with two attached hydrogens (primary N) is 1. The summed E-state index contributed by atoms with van der Waals surface area (Å²) in [6.45, 7) is 0.474. The van der Waals surface area contributed by atoms with Gasteiger partial charge in [0.25, 0.3) is 0 Å². The van der Waals surface area contributed by atoms with Crippen LogP contribution in [0.25, 0.3) is 5.52 Å². The molecule has 0 aliphatic heterocycles. The van der Waals surface area contributed by atoms with Crippen LogP contribution in [-0.4, -0.2) is 34.4 Å². The maximum atomic E-state index is 5.85. The van der Waals surface area contributed by atoms with E-state index in [1.165, 1.54) is 6.33 Å². The molecule has 0 spiro atoms. The topological polar surface area (TPSA) is 83.9 Å². The van der Waals surface area contributed by atoms with Gasteiger partial charge in [-0.2, -0.15) is 5.10 Å². The molecule has 3 rings (SSSR count). The molecule has 0 aliphatic carbocycles. The Bertz CT molecular complexity index is 797. The molecule has 0 radical (unpaired) electrons. The lowest BCUT2D eigenvalue weighted by molar-refractivity contribution is 0.0549. The highest BCUT2D eigenvalue weighted by molar-refractivity contribution is 7.26. The molecule has 2 heterocycles. The van der Waals surface area contributed by atoms with Crippen LogP contribution < -0.4 is 10.3 Å². The highest BCUT2D eigenvalue weighted by Gasteiger charge is 2.12. The summed E-state index contributed by atoms with van der Waals surface area (Å²) in [7, 11) is 1.63. The molecule has 132 valence electrons. The molecule has 0 bridgehead atoms. The number of para-hydroxylation sites is 1. The van der Waals surface area contributed by atoms with Gasteiger partial charge >= 0.3 is 0 Å². The minimum Gasteiger partial charge on any atom is -0.450 e. The third-order valence-corrected chi connectivity index (χ3v) is 4.45. The molecule has 0 fully saturated rings. The molecule has 8 heteroatoms. The molecule has 2 aromatic heterocycles. The SMILES string of the molecule is COC(CCc1ccc2c(N)ncnn12)COPOc1ccccc1. The Labute approximate surface area is 148 Å². The van der Waals surface area contributed by atoms with E-state index in [1.807, 2.05) is 47.0 Å². The molecule has 2 atom stereocenters. The van der Waals surface area contributed by atoms with E-state index in [0.29, 0.717) is 12.4 Å². The highest BCUT2D eigenvalue weighted by atomic mass is 31.1. The van der Waals surface area contributed by atoms with Gasteiger partial charge < -0.3 is 19.5 Å². The minimum absolute atomic E-state index is 0.0170. The molecule has 0 saturated carbocycles. The Balaban J connectivity index is 1.46. The first-order chi connectivity index (χ1) is 12.3. The summed E-state index contributed by atoms with van der Waals surface area (Å²) in [5.74, 6) is 1.28. The number of nitrogen functional groups attached to an aromatic ring is 1. The number of benzene rings is 1. The van der Waals surface area contributed by atoms with Crippen LogP contribution in [0.4, 0.5) is 5.82 Å². The van der Waals surface area contributed by atoms with Crippen LogP contribution in [0.15, 0.2) is 48.8 Å². The Hall–Kier alpha value is -2.21. The van der Waals surface area contributed by atoms with Crippen LogP contribution in [0.2, 0.25) is 0 Å². The quantitative estimate of drug-likeness (QED) is 0.467. The standard InChI is InChI=1S/C17H21N4O3P/c1-22-15(11-23-25-24-14-5-3-2-4-6-14)9-7-13-8-10-16-17(18)19-12-20-21(13)16/h2-6,8,10,12,15,25H,7,9,11H2,1H3,(H2,18,19,20). The first-order valence-electron chi connectivity index (χ1n) is 7.96. The van der Waals surface area contributed by atoms with Crippen molar-refractivity contribution >= 4 is 20.4 Å². The van der Waals surface area contributed by atoms with E-state index >= 15 is 0 Å². The van der Waals surface area contributed by atoms with Gasteiger partial charge in [-0.15, -0.1) is 0 Å². The molecule has 0 saturated heterocycles. The first-order valence-corrected chi connectivity index (χ1v) is 8.78. The van der Waals surface area contributed by atoms with Crippen molar-refractivity contribution in [1.82, 2.24) is 14.6 Å². The molecule has 7 nitrogen and oxygen atoms in total. The second-order valence-electron chi connectivity index (χ2n) is 5.47. The summed E-state index contributed by atoms with van der Waals surface area (Å²) in [5, 5.41) is 4.25. The van der Waals surface area contributed by atoms with Gasteiger partial charge in [0.1, 0.15) is 17.6 Å². The van der Waals surface area contributed by atoms with Crippen molar-refractivity contribution in [3.05, 3.63) is 54.5 Å². The van der Waals surface area contributed by atoms with E-state index in [-0.39, 0.29) is 15.1 Å². The zero-order valence-electron chi connectivity index (χ0n) is 14.0. The zero-order chi connectivity index (χ0) is 17.5. The average molecular weight is 360 g/mol. The number of methoxy groups -OCH3 is 1. The highest BCUT2D eigenvalue weighted by Crippen LogP contribution is 2.22. The number of aromatic nitrogens is 3. The number of fused-ring (bicyclic) bond motifs is 1. The lowest BCUT2D eigenvalue weighted by Crippen LogP contribution is -2.18. The minimum atomic E-state index is -0.0570. The summed E-state index contributed by atoms with van der Waals surface area (Å²) in [5.41, 5.74) is 7.73. The predicted octanol–water partition coefficient (Wildman–Crippen LogP) is 2.86. The fourth-order valence-corrected chi connectivity index (χ4v) is 3.01. The molecule has 25 heavy (non-hydrogen) atoms. The molecule has 2 unspecified atom stereocenters. The summed E-state index contributed by atoms with van der Waals surface area (Å²) in [4.78, 5) is 4.00. The van der Waals surface area contributed by atoms with Crippen LogP contribution in [-0.2, 0) is 15.7 Å². The van der Waals surface area contributed by atoms with Crippen molar-refractivity contribution in [2.24, 2.45) is 0 Å². The predicted molar refractivity (Wildman–Crippen MR) is 97.9 cm³/mol. The van der Waals surface area contributed by atoms with Crippen LogP contribution in [0.3, 0.4) is 0 Å². The van der Waals surface area contributed by atoms with Gasteiger partial charge in [0.15, 0.2) is 5.82 Å². The van der Waals surface area contributed by atoms with Crippen molar-refractivity contribution in [3.8, 4) is 5.75 Å². The van der Waals surface area contributed by atoms with E-state index in [4.69, 9.17) is 19.5 Å². The van der Waals surface area contributed by atoms with Crippen LogP contribution >= 0.6 is 9.03 Å². The van der Waals surface area contributed by atoms with Gasteiger partial charge in [-0.25, -0.2) is 9.50 Å². The van der Waals surface area contributed by atoms with Crippen molar-refractivity contribution in [2.75, 3.05) is 19.5 Å². The lowest BCUT2D eigenvalue weighted by atomic mass is 10.1. The average Bonchev–Trinajstić information content (AvgIpc) is 3.06. The first kappa shape index (κ1) is 17.6. The zero-order valence-corrected chi connectivity index (χ0v) is 15.0. The summed E-state index contributed by atoms with van der Waals surface area (Å²) in [6.07, 6.45) is 3.05. The number of aryl methyl sites for hydroxylation is 1. The lowest BCUT2D eigenvalue weighted by Gasteiger charge is -2.15. The molecular weight excluding hydrogens is 339 g/mol. The van der Waals surface area contributed by atoms with Gasteiger partial charge in [0.2, 0.25) is 9.03 Å². The fraction of sp³-hybridized carbons (Fsp3) is 0.294. The Morgan fingerprint density at radius 1 is 1.20 bits per heavy atom. The number of hydrogen-bond acceptors (Lipinski definition) is 6. The molecular formula is C17H21N4O3P. The van der Waals surface area contributed by atoms with Gasteiger partial charge in [-0.05, 0) is 37.1 Å². The van der Waals surface area contributed by atoms with E-state index in [2.05, 4.69) is 10.1 Å². The van der Waals surface area contributed by atoms with Gasteiger partial charge in [0.05, 0.1) is 12.7 Å². The van der Waals surface area contributed by atoms with Crippen molar-refractivity contribution < 1.29 is 13.8 Å². The number of nitrogens with zero attached hydrogens (tertiary/aromatic N) is 3. The van der Waals surface area contributed by atoms with Crippen LogP contribution in [0, 0.1) is 0 Å². The molecule has 0 amide bonds. The fourth-order valence-electron chi connectivity index (χ4n) is 2.47. The number of anilines is 1. The summed E-state index contributed by atoms with van der Waals surface area (Å²) in [6, 6.07) is 13.5. The van der Waals surface area contributed by atoms with E-state index in [9.17, 15) is 0 Å². The largest absolute Gasteiger partial charge is 0.450 e. The van der Waals surface area contributed by atoms with Crippen molar-refractivity contribution in [3.63, 3.8) is 0 Å². The molecule has 2 N–H and O–H groups in total. The molecule has 0 aliphatic rings. The van der Waals surface area contributed by atoms with E-state index < -0.39 is 0 Å². The van der Waals surface area contributed by atoms with Gasteiger partial charge in [0, 0.05) is 12.8 Å². The monoisotopic (exact) mass is 360 g/mol. The Morgan fingerprint density at radius 3 is 2.84 bits per heavy atom. The Kier molecular flexibility index (Phi) is 6.17. The number of ether oxygens (including phenoxy) is 1. The third kappa shape index (κ3) is 4.66. The smallest absolute Gasteiger partial charge is 0.215 e. The van der Waals surface area contributed by atoms with Gasteiger partial charge in [-0.3, -0.25) is 0 Å². The molecule has 3 aromatic rings. The second kappa shape index (κ2) is 8.76. The van der Waals surface area contributed by atoms with Crippen molar-refractivity contribution in [1.29, 1.82) is 0 Å². The normalized spacial score (nSPS) is 12.8. The maximum absolute atomic E-state index is 5.85. The van der Waals surface area contributed by atoms with Gasteiger partial charge in [-0.1, -0.05) is 18.2 Å². The molecule has 1 aromatic carbocycles. The van der Waals surface area contributed by atoms with Crippen molar-refractivity contribution in [2.45, 2.75) is 18.9 Å². The Morgan fingerprint density at radius 2 is 2.04 bits per heavy atom. The second-order valence-corrected chi connectivity index (χ2v) is 6.13. The summed E-state index contributed by atoms with van der Waals surface area (Å²) < 4.78 is 18.4. The number of rotatable bonds is 9. The van der Waals surface area contributed by atoms with E-state index in [1.54, 1.807) is 7.11 Å².